The third kappa shape index (κ3) is 2.96. The van der Waals surface area contributed by atoms with Crippen LogP contribution in [0.2, 0.25) is 0 Å². The van der Waals surface area contributed by atoms with Gasteiger partial charge in [0.2, 0.25) is 0 Å². The molecule has 2 heterocycles. The number of nitrogens with zero attached hydrogens (tertiary/aromatic N) is 2. The first-order chi connectivity index (χ1) is 8.60. The van der Waals surface area contributed by atoms with Crippen LogP contribution in [0.1, 0.15) is 29.4 Å². The standard InChI is InChI=1S/C13H19N3OS/c1-3-11-8-16(4-5-18-11)13(17)10-6-9(2)15-12(14)7-10/h6-7,11H,3-5,8H2,1-2H3,(H2,14,15). The van der Waals surface area contributed by atoms with Crippen molar-refractivity contribution in [3.05, 3.63) is 23.4 Å². The van der Waals surface area contributed by atoms with E-state index in [0.29, 0.717) is 16.6 Å². The first kappa shape index (κ1) is 13.2. The van der Waals surface area contributed by atoms with Gasteiger partial charge in [0.1, 0.15) is 5.82 Å². The number of carbonyl (C=O) groups excluding carboxylic acids is 1. The van der Waals surface area contributed by atoms with Crippen molar-refractivity contribution in [3.63, 3.8) is 0 Å². The summed E-state index contributed by atoms with van der Waals surface area (Å²) in [5, 5.41) is 0.558. The molecule has 0 aromatic carbocycles. The van der Waals surface area contributed by atoms with E-state index in [1.54, 1.807) is 12.1 Å². The number of aromatic nitrogens is 1. The van der Waals surface area contributed by atoms with Crippen LogP contribution in [0.5, 0.6) is 0 Å². The molecule has 0 spiro atoms. The van der Waals surface area contributed by atoms with Crippen LogP contribution < -0.4 is 5.73 Å². The Labute approximate surface area is 112 Å². The van der Waals surface area contributed by atoms with Crippen LogP contribution in [0.3, 0.4) is 0 Å². The Balaban J connectivity index is 2.15. The van der Waals surface area contributed by atoms with Crippen molar-refractivity contribution >= 4 is 23.5 Å². The fraction of sp³-hybridized carbons (Fsp3) is 0.538. The SMILES string of the molecule is CCC1CN(C(=O)c2cc(C)nc(N)c2)CCS1. The molecule has 1 aromatic heterocycles. The zero-order chi connectivity index (χ0) is 13.1. The van der Waals surface area contributed by atoms with Gasteiger partial charge in [0.25, 0.3) is 5.91 Å². The van der Waals surface area contributed by atoms with E-state index in [4.69, 9.17) is 5.73 Å². The Morgan fingerprint density at radius 3 is 3.06 bits per heavy atom. The maximum Gasteiger partial charge on any atom is 0.254 e. The summed E-state index contributed by atoms with van der Waals surface area (Å²) in [7, 11) is 0. The molecule has 1 aliphatic heterocycles. The lowest BCUT2D eigenvalue weighted by molar-refractivity contribution is 0.0761. The van der Waals surface area contributed by atoms with Crippen molar-refractivity contribution in [2.45, 2.75) is 25.5 Å². The Morgan fingerprint density at radius 1 is 1.61 bits per heavy atom. The second-order valence-corrected chi connectivity index (χ2v) is 5.98. The topological polar surface area (TPSA) is 59.2 Å². The molecule has 0 bridgehead atoms. The number of pyridine rings is 1. The molecule has 1 fully saturated rings. The molecule has 2 N–H and O–H groups in total. The van der Waals surface area contributed by atoms with Crippen LogP contribution in [-0.2, 0) is 0 Å². The van der Waals surface area contributed by atoms with E-state index in [0.717, 1.165) is 31.0 Å². The van der Waals surface area contributed by atoms with Gasteiger partial charge in [-0.3, -0.25) is 4.79 Å². The largest absolute Gasteiger partial charge is 0.384 e. The van der Waals surface area contributed by atoms with Crippen LogP contribution in [0, 0.1) is 6.92 Å². The molecule has 18 heavy (non-hydrogen) atoms. The molecule has 1 unspecified atom stereocenters. The summed E-state index contributed by atoms with van der Waals surface area (Å²) < 4.78 is 0. The second-order valence-electron chi connectivity index (χ2n) is 4.57. The van der Waals surface area contributed by atoms with Crippen molar-refractivity contribution in [1.29, 1.82) is 0 Å². The van der Waals surface area contributed by atoms with E-state index in [-0.39, 0.29) is 5.91 Å². The smallest absolute Gasteiger partial charge is 0.254 e. The van der Waals surface area contributed by atoms with Crippen LogP contribution >= 0.6 is 11.8 Å². The maximum atomic E-state index is 12.4. The van der Waals surface area contributed by atoms with E-state index < -0.39 is 0 Å². The minimum Gasteiger partial charge on any atom is -0.384 e. The lowest BCUT2D eigenvalue weighted by Gasteiger charge is -2.32. The lowest BCUT2D eigenvalue weighted by atomic mass is 10.2. The molecule has 1 atom stereocenters. The summed E-state index contributed by atoms with van der Waals surface area (Å²) >= 11 is 1.95. The van der Waals surface area contributed by atoms with Gasteiger partial charge in [0, 0.05) is 35.3 Å². The van der Waals surface area contributed by atoms with Gasteiger partial charge in [-0.1, -0.05) is 6.92 Å². The Hall–Kier alpha value is -1.23. The van der Waals surface area contributed by atoms with Gasteiger partial charge in [0.15, 0.2) is 0 Å². The van der Waals surface area contributed by atoms with Crippen molar-refractivity contribution in [3.8, 4) is 0 Å². The van der Waals surface area contributed by atoms with Crippen molar-refractivity contribution in [1.82, 2.24) is 9.88 Å². The number of rotatable bonds is 2. The molecule has 1 aromatic rings. The van der Waals surface area contributed by atoms with Gasteiger partial charge in [-0.25, -0.2) is 4.98 Å². The average Bonchev–Trinajstić information content (AvgIpc) is 2.37. The number of carbonyl (C=O) groups is 1. The van der Waals surface area contributed by atoms with E-state index in [1.807, 2.05) is 23.6 Å². The molecular formula is C13H19N3OS. The summed E-state index contributed by atoms with van der Waals surface area (Å²) in [5.74, 6) is 1.51. The third-order valence-corrected chi connectivity index (χ3v) is 4.47. The number of nitrogens with two attached hydrogens (primary N) is 1. The number of hydrogen-bond acceptors (Lipinski definition) is 4. The highest BCUT2D eigenvalue weighted by atomic mass is 32.2. The second kappa shape index (κ2) is 5.61. The zero-order valence-electron chi connectivity index (χ0n) is 10.8. The highest BCUT2D eigenvalue weighted by molar-refractivity contribution is 8.00. The molecule has 98 valence electrons. The fourth-order valence-corrected chi connectivity index (χ4v) is 3.33. The maximum absolute atomic E-state index is 12.4. The van der Waals surface area contributed by atoms with Crippen LogP contribution in [0.15, 0.2) is 12.1 Å². The van der Waals surface area contributed by atoms with Gasteiger partial charge in [-0.2, -0.15) is 11.8 Å². The lowest BCUT2D eigenvalue weighted by Crippen LogP contribution is -2.41. The van der Waals surface area contributed by atoms with Crippen molar-refractivity contribution in [2.75, 3.05) is 24.6 Å². The quantitative estimate of drug-likeness (QED) is 0.888. The normalized spacial score (nSPS) is 19.9. The molecule has 0 aliphatic carbocycles. The molecule has 1 aliphatic rings. The Kier molecular flexibility index (Phi) is 4.11. The highest BCUT2D eigenvalue weighted by Crippen LogP contribution is 2.22. The van der Waals surface area contributed by atoms with E-state index in [1.165, 1.54) is 0 Å². The molecule has 5 heteroatoms. The number of amides is 1. The summed E-state index contributed by atoms with van der Waals surface area (Å²) in [6.45, 7) is 5.68. The molecule has 0 saturated carbocycles. The van der Waals surface area contributed by atoms with Crippen LogP contribution in [-0.4, -0.2) is 39.9 Å². The predicted molar refractivity (Wildman–Crippen MR) is 75.8 cm³/mol. The number of hydrogen-bond donors (Lipinski definition) is 1. The minimum atomic E-state index is 0.0750. The number of anilines is 1. The molecule has 4 nitrogen and oxygen atoms in total. The highest BCUT2D eigenvalue weighted by Gasteiger charge is 2.24. The summed E-state index contributed by atoms with van der Waals surface area (Å²) in [6, 6.07) is 3.47. The first-order valence-electron chi connectivity index (χ1n) is 6.25. The van der Waals surface area contributed by atoms with Gasteiger partial charge in [0.05, 0.1) is 0 Å². The van der Waals surface area contributed by atoms with E-state index in [2.05, 4.69) is 11.9 Å². The van der Waals surface area contributed by atoms with E-state index in [9.17, 15) is 4.79 Å². The number of thioether (sulfide) groups is 1. The van der Waals surface area contributed by atoms with E-state index >= 15 is 0 Å². The molecule has 2 rings (SSSR count). The Morgan fingerprint density at radius 2 is 2.39 bits per heavy atom. The number of nitrogen functional groups attached to an aromatic ring is 1. The van der Waals surface area contributed by atoms with Gasteiger partial charge >= 0.3 is 0 Å². The third-order valence-electron chi connectivity index (χ3n) is 3.10. The first-order valence-corrected chi connectivity index (χ1v) is 7.30. The average molecular weight is 265 g/mol. The summed E-state index contributed by atoms with van der Waals surface area (Å²) in [5.41, 5.74) is 7.14. The summed E-state index contributed by atoms with van der Waals surface area (Å²) in [6.07, 6.45) is 1.10. The fourth-order valence-electron chi connectivity index (χ4n) is 2.15. The molecule has 1 amide bonds. The van der Waals surface area contributed by atoms with Crippen molar-refractivity contribution in [2.24, 2.45) is 0 Å². The Bertz CT molecular complexity index is 430. The van der Waals surface area contributed by atoms with Crippen LogP contribution in [0.25, 0.3) is 0 Å². The number of aryl methyl sites for hydroxylation is 1. The molecule has 1 saturated heterocycles. The molecule has 0 radical (unpaired) electrons. The monoisotopic (exact) mass is 265 g/mol. The zero-order valence-corrected chi connectivity index (χ0v) is 11.7. The predicted octanol–water partition coefficient (Wildman–Crippen LogP) is 1.94. The van der Waals surface area contributed by atoms with Crippen LogP contribution in [0.4, 0.5) is 5.82 Å². The van der Waals surface area contributed by atoms with Crippen molar-refractivity contribution < 1.29 is 4.79 Å². The van der Waals surface area contributed by atoms with Gasteiger partial charge in [-0.05, 0) is 25.5 Å². The van der Waals surface area contributed by atoms with Gasteiger partial charge < -0.3 is 10.6 Å². The summed E-state index contributed by atoms with van der Waals surface area (Å²) in [4.78, 5) is 18.4. The van der Waals surface area contributed by atoms with Gasteiger partial charge in [-0.15, -0.1) is 0 Å². The minimum absolute atomic E-state index is 0.0750. The molecular weight excluding hydrogens is 246 g/mol.